The SMILES string of the molecule is CC1C2CC(Nc3nc4ccccc4o3)C(C2)N1C(=O)c1ccccc1-c1ncccn1. The van der Waals surface area contributed by atoms with Crippen LogP contribution in [0.4, 0.5) is 6.01 Å². The van der Waals surface area contributed by atoms with Crippen LogP contribution in [0.5, 0.6) is 0 Å². The number of para-hydroxylation sites is 2. The van der Waals surface area contributed by atoms with Gasteiger partial charge in [-0.3, -0.25) is 4.79 Å². The van der Waals surface area contributed by atoms with Gasteiger partial charge in [0.05, 0.1) is 17.6 Å². The second kappa shape index (κ2) is 7.44. The molecule has 3 heterocycles. The first-order valence-corrected chi connectivity index (χ1v) is 11.0. The number of oxazole rings is 1. The molecule has 4 atom stereocenters. The Morgan fingerprint density at radius 1 is 1.03 bits per heavy atom. The van der Waals surface area contributed by atoms with E-state index in [1.165, 1.54) is 0 Å². The molecule has 2 aliphatic rings. The molecule has 7 nitrogen and oxygen atoms in total. The number of nitrogens with one attached hydrogen (secondary N) is 1. The van der Waals surface area contributed by atoms with E-state index in [0.29, 0.717) is 23.3 Å². The third-order valence-corrected chi connectivity index (χ3v) is 6.85. The monoisotopic (exact) mass is 425 g/mol. The van der Waals surface area contributed by atoms with Gasteiger partial charge in [-0.15, -0.1) is 0 Å². The van der Waals surface area contributed by atoms with Gasteiger partial charge in [-0.2, -0.15) is 4.98 Å². The molecule has 0 radical (unpaired) electrons. The predicted molar refractivity (Wildman–Crippen MR) is 121 cm³/mol. The Morgan fingerprint density at radius 2 is 1.81 bits per heavy atom. The Labute approximate surface area is 185 Å². The van der Waals surface area contributed by atoms with Gasteiger partial charge in [0.2, 0.25) is 0 Å². The molecule has 160 valence electrons. The molecule has 32 heavy (non-hydrogen) atoms. The Kier molecular flexibility index (Phi) is 4.41. The molecule has 1 saturated carbocycles. The summed E-state index contributed by atoms with van der Waals surface area (Å²) in [4.78, 5) is 29.1. The molecule has 1 N–H and O–H groups in total. The van der Waals surface area contributed by atoms with E-state index in [1.54, 1.807) is 18.5 Å². The third-order valence-electron chi connectivity index (χ3n) is 6.85. The molecule has 0 spiro atoms. The first-order valence-electron chi connectivity index (χ1n) is 11.0. The van der Waals surface area contributed by atoms with Crippen LogP contribution in [0.15, 0.2) is 71.4 Å². The fourth-order valence-corrected chi connectivity index (χ4v) is 5.31. The molecule has 2 aromatic carbocycles. The molecule has 1 saturated heterocycles. The van der Waals surface area contributed by atoms with Crippen molar-refractivity contribution in [3.63, 3.8) is 0 Å². The van der Waals surface area contributed by atoms with Crippen molar-refractivity contribution in [1.82, 2.24) is 19.9 Å². The number of carbonyl (C=O) groups is 1. The normalized spacial score (nSPS) is 24.2. The molecule has 2 fully saturated rings. The highest BCUT2D eigenvalue weighted by Gasteiger charge is 2.52. The highest BCUT2D eigenvalue weighted by Crippen LogP contribution is 2.44. The van der Waals surface area contributed by atoms with Crippen LogP contribution in [0.2, 0.25) is 0 Å². The van der Waals surface area contributed by atoms with Crippen molar-refractivity contribution in [2.24, 2.45) is 5.92 Å². The van der Waals surface area contributed by atoms with Crippen molar-refractivity contribution in [3.05, 3.63) is 72.6 Å². The number of likely N-dealkylation sites (tertiary alicyclic amines) is 1. The molecule has 4 unspecified atom stereocenters. The number of hydrogen-bond donors (Lipinski definition) is 1. The zero-order valence-electron chi connectivity index (χ0n) is 17.7. The molecule has 1 amide bonds. The summed E-state index contributed by atoms with van der Waals surface area (Å²) in [5.41, 5.74) is 2.99. The minimum Gasteiger partial charge on any atom is -0.424 e. The first kappa shape index (κ1) is 19.0. The second-order valence-electron chi connectivity index (χ2n) is 8.61. The molecule has 2 aromatic heterocycles. The van der Waals surface area contributed by atoms with E-state index in [9.17, 15) is 4.79 Å². The number of nitrogens with zero attached hydrogens (tertiary/aromatic N) is 4. The van der Waals surface area contributed by atoms with Gasteiger partial charge in [-0.1, -0.05) is 30.3 Å². The lowest BCUT2D eigenvalue weighted by Gasteiger charge is -2.38. The van der Waals surface area contributed by atoms with Crippen LogP contribution in [0.1, 0.15) is 30.1 Å². The summed E-state index contributed by atoms with van der Waals surface area (Å²) in [6.45, 7) is 2.15. The smallest absolute Gasteiger partial charge is 0.295 e. The van der Waals surface area contributed by atoms with E-state index >= 15 is 0 Å². The lowest BCUT2D eigenvalue weighted by molar-refractivity contribution is 0.0598. The molecule has 4 aromatic rings. The maximum atomic E-state index is 13.8. The van der Waals surface area contributed by atoms with Gasteiger partial charge in [0.1, 0.15) is 5.52 Å². The highest BCUT2D eigenvalue weighted by atomic mass is 16.4. The Morgan fingerprint density at radius 3 is 2.62 bits per heavy atom. The van der Waals surface area contributed by atoms with Gasteiger partial charge in [0, 0.05) is 24.0 Å². The van der Waals surface area contributed by atoms with Gasteiger partial charge in [-0.05, 0) is 49.9 Å². The Bertz CT molecular complexity index is 1250. The summed E-state index contributed by atoms with van der Waals surface area (Å²) >= 11 is 0. The summed E-state index contributed by atoms with van der Waals surface area (Å²) in [5, 5.41) is 3.47. The van der Waals surface area contributed by atoms with Crippen molar-refractivity contribution in [2.45, 2.75) is 37.9 Å². The van der Waals surface area contributed by atoms with E-state index < -0.39 is 0 Å². The first-order chi connectivity index (χ1) is 15.7. The lowest BCUT2D eigenvalue weighted by atomic mass is 9.96. The van der Waals surface area contributed by atoms with Crippen molar-refractivity contribution in [3.8, 4) is 11.4 Å². The van der Waals surface area contributed by atoms with Crippen LogP contribution in [0.25, 0.3) is 22.5 Å². The van der Waals surface area contributed by atoms with Gasteiger partial charge in [-0.25, -0.2) is 9.97 Å². The summed E-state index contributed by atoms with van der Waals surface area (Å²) in [7, 11) is 0. The quantitative estimate of drug-likeness (QED) is 0.522. The lowest BCUT2D eigenvalue weighted by Crippen LogP contribution is -2.51. The number of hydrogen-bond acceptors (Lipinski definition) is 6. The van der Waals surface area contributed by atoms with Crippen LogP contribution >= 0.6 is 0 Å². The van der Waals surface area contributed by atoms with E-state index in [1.807, 2.05) is 53.4 Å². The summed E-state index contributed by atoms with van der Waals surface area (Å²) in [6, 6.07) is 18.0. The zero-order valence-corrected chi connectivity index (χ0v) is 17.7. The molecule has 6 rings (SSSR count). The number of fused-ring (bicyclic) bond motifs is 3. The van der Waals surface area contributed by atoms with E-state index in [-0.39, 0.29) is 24.0 Å². The van der Waals surface area contributed by atoms with Crippen LogP contribution in [-0.2, 0) is 0 Å². The zero-order chi connectivity index (χ0) is 21.7. The molecular formula is C25H23N5O2. The highest BCUT2D eigenvalue weighted by molar-refractivity contribution is 6.00. The van der Waals surface area contributed by atoms with Gasteiger partial charge < -0.3 is 14.6 Å². The summed E-state index contributed by atoms with van der Waals surface area (Å²) in [6.07, 6.45) is 5.38. The average Bonchev–Trinajstić information content (AvgIpc) is 3.52. The van der Waals surface area contributed by atoms with Gasteiger partial charge in [0.25, 0.3) is 11.9 Å². The van der Waals surface area contributed by atoms with E-state index in [0.717, 1.165) is 29.5 Å². The van der Waals surface area contributed by atoms with Crippen molar-refractivity contribution in [2.75, 3.05) is 5.32 Å². The Balaban J connectivity index is 1.29. The van der Waals surface area contributed by atoms with Crippen LogP contribution in [0.3, 0.4) is 0 Å². The average molecular weight is 425 g/mol. The second-order valence-corrected chi connectivity index (χ2v) is 8.61. The molecule has 1 aliphatic heterocycles. The number of carbonyl (C=O) groups excluding carboxylic acids is 1. The standard InChI is InChI=1S/C25H23N5O2/c1-15-16-13-20(29-25-28-19-9-4-5-10-22(19)32-25)21(14-16)30(15)24(31)18-8-3-2-7-17(18)23-26-11-6-12-27-23/h2-12,15-16,20-21H,13-14H2,1H3,(H,28,29). The van der Waals surface area contributed by atoms with E-state index in [2.05, 4.69) is 27.2 Å². The Hall–Kier alpha value is -3.74. The van der Waals surface area contributed by atoms with Crippen molar-refractivity contribution < 1.29 is 9.21 Å². The minimum atomic E-state index is 0.0251. The van der Waals surface area contributed by atoms with Crippen LogP contribution in [-0.4, -0.2) is 43.9 Å². The summed E-state index contributed by atoms with van der Waals surface area (Å²) in [5.74, 6) is 1.04. The third kappa shape index (κ3) is 3.04. The van der Waals surface area contributed by atoms with Gasteiger partial charge >= 0.3 is 0 Å². The largest absolute Gasteiger partial charge is 0.424 e. The maximum Gasteiger partial charge on any atom is 0.295 e. The van der Waals surface area contributed by atoms with E-state index in [4.69, 9.17) is 4.42 Å². The number of piperidine rings is 1. The number of aromatic nitrogens is 3. The number of anilines is 1. The fraction of sp³-hybridized carbons (Fsp3) is 0.280. The number of rotatable bonds is 4. The van der Waals surface area contributed by atoms with Crippen molar-refractivity contribution in [1.29, 1.82) is 0 Å². The van der Waals surface area contributed by atoms with Crippen molar-refractivity contribution >= 4 is 23.0 Å². The fourth-order valence-electron chi connectivity index (χ4n) is 5.31. The van der Waals surface area contributed by atoms with Gasteiger partial charge in [0.15, 0.2) is 11.4 Å². The number of amides is 1. The molecule has 1 aliphatic carbocycles. The predicted octanol–water partition coefficient (Wildman–Crippen LogP) is 4.39. The number of benzene rings is 2. The molecule has 7 heteroatoms. The van der Waals surface area contributed by atoms with Crippen LogP contribution < -0.4 is 5.32 Å². The maximum absolute atomic E-state index is 13.8. The minimum absolute atomic E-state index is 0.0251. The summed E-state index contributed by atoms with van der Waals surface area (Å²) < 4.78 is 5.88. The van der Waals surface area contributed by atoms with Crippen LogP contribution in [0, 0.1) is 5.92 Å². The molecule has 2 bridgehead atoms. The molecular weight excluding hydrogens is 402 g/mol. The topological polar surface area (TPSA) is 84.2 Å².